The molecule has 0 radical (unpaired) electrons. The maximum absolute atomic E-state index is 14.2. The lowest BCUT2D eigenvalue weighted by atomic mass is 9.90. The first-order valence-electron chi connectivity index (χ1n) is 15.5. The summed E-state index contributed by atoms with van der Waals surface area (Å²) >= 11 is 0. The van der Waals surface area contributed by atoms with Gasteiger partial charge in [-0.1, -0.05) is 53.8 Å². The number of ether oxygens (including phenoxy) is 4. The number of hydrogen-bond acceptors (Lipinski definition) is 8. The highest BCUT2D eigenvalue weighted by Crippen LogP contribution is 2.45. The second-order valence-electron chi connectivity index (χ2n) is 11.9. The second kappa shape index (κ2) is 13.1. The van der Waals surface area contributed by atoms with Crippen LogP contribution in [0.3, 0.4) is 0 Å². The number of benzene rings is 3. The maximum Gasteiger partial charge on any atom is 0.194 e. The van der Waals surface area contributed by atoms with Crippen molar-refractivity contribution in [2.24, 2.45) is 0 Å². The lowest BCUT2D eigenvalue weighted by Gasteiger charge is -2.49. The van der Waals surface area contributed by atoms with Crippen molar-refractivity contribution >= 4 is 0 Å². The van der Waals surface area contributed by atoms with E-state index in [1.165, 1.54) is 10.9 Å². The van der Waals surface area contributed by atoms with E-state index >= 15 is 0 Å². The summed E-state index contributed by atoms with van der Waals surface area (Å²) in [7, 11) is 0. The molecule has 2 saturated heterocycles. The molecule has 2 aliphatic heterocycles. The number of hydrogen-bond donors (Lipinski definition) is 0. The van der Waals surface area contributed by atoms with Crippen LogP contribution in [0.5, 0.6) is 0 Å². The summed E-state index contributed by atoms with van der Waals surface area (Å²) in [6, 6.07) is 16.6. The molecule has 2 aromatic heterocycles. The molecule has 5 aromatic rings. The monoisotopic (exact) mass is 658 g/mol. The lowest BCUT2D eigenvalue weighted by molar-refractivity contribution is -0.322. The van der Waals surface area contributed by atoms with Gasteiger partial charge in [-0.25, -0.2) is 27.5 Å². The van der Waals surface area contributed by atoms with Gasteiger partial charge in [0.2, 0.25) is 0 Å². The maximum atomic E-state index is 14.2. The van der Waals surface area contributed by atoms with Gasteiger partial charge in [0.15, 0.2) is 29.6 Å². The standard InChI is InChI=1S/C35H33F3N6O4/c1-5-13-45-32-30(43-17-26(40-42-43)23-15-24(36)29(38)25(37)16-23)31-28(18-46-35(48-31)22-9-7-6-8-10-22)47-33(32)34-39-21(4)41-44(34)27-14-19(2)11-12-20(27)3/h5-12,14-17,28,30-33,35H,1,13,18H2,2-4H3. The Hall–Kier alpha value is -4.69. The Kier molecular flexibility index (Phi) is 8.69. The van der Waals surface area contributed by atoms with E-state index in [0.717, 1.165) is 34.5 Å². The predicted octanol–water partition coefficient (Wildman–Crippen LogP) is 6.23. The Morgan fingerprint density at radius 1 is 1.00 bits per heavy atom. The first-order valence-corrected chi connectivity index (χ1v) is 15.5. The average molecular weight is 659 g/mol. The molecule has 13 heteroatoms. The number of fused-ring (bicyclic) bond motifs is 1. The van der Waals surface area contributed by atoms with Crippen LogP contribution < -0.4 is 0 Å². The molecule has 2 aliphatic rings. The fourth-order valence-electron chi connectivity index (χ4n) is 6.25. The smallest absolute Gasteiger partial charge is 0.194 e. The SMILES string of the molecule is C=CCOC1C(c2nc(C)nn2-c2cc(C)ccc2C)OC2COC(c3ccccc3)OC2C1n1cc(-c2cc(F)c(F)c(F)c2)nn1. The highest BCUT2D eigenvalue weighted by molar-refractivity contribution is 5.58. The van der Waals surface area contributed by atoms with E-state index in [4.69, 9.17) is 29.0 Å². The van der Waals surface area contributed by atoms with Crippen molar-refractivity contribution in [3.8, 4) is 16.9 Å². The molecular formula is C35H33F3N6O4. The van der Waals surface area contributed by atoms with E-state index in [0.29, 0.717) is 11.6 Å². The number of aryl methyl sites for hydroxylation is 3. The topological polar surface area (TPSA) is 98.3 Å². The Bertz CT molecular complexity index is 1930. The summed E-state index contributed by atoms with van der Waals surface area (Å²) in [5.74, 6) is -3.22. The largest absolute Gasteiger partial charge is 0.369 e. The molecule has 6 atom stereocenters. The summed E-state index contributed by atoms with van der Waals surface area (Å²) < 4.78 is 71.6. The molecule has 6 unspecified atom stereocenters. The fourth-order valence-corrected chi connectivity index (χ4v) is 6.25. The van der Waals surface area contributed by atoms with Gasteiger partial charge in [-0.05, 0) is 50.1 Å². The Morgan fingerprint density at radius 3 is 2.52 bits per heavy atom. The summed E-state index contributed by atoms with van der Waals surface area (Å²) in [5.41, 5.74) is 3.80. The van der Waals surface area contributed by atoms with Crippen LogP contribution in [0.2, 0.25) is 0 Å². The third-order valence-corrected chi connectivity index (χ3v) is 8.51. The molecule has 3 aromatic carbocycles. The van der Waals surface area contributed by atoms with E-state index in [-0.39, 0.29) is 24.5 Å². The zero-order chi connectivity index (χ0) is 33.5. The Morgan fingerprint density at radius 2 is 1.77 bits per heavy atom. The van der Waals surface area contributed by atoms with E-state index in [1.54, 1.807) is 17.7 Å². The van der Waals surface area contributed by atoms with Crippen LogP contribution in [0.25, 0.3) is 16.9 Å². The number of halogens is 3. The molecule has 2 fully saturated rings. The van der Waals surface area contributed by atoms with Crippen LogP contribution in [0.4, 0.5) is 13.2 Å². The summed E-state index contributed by atoms with van der Waals surface area (Å²) in [4.78, 5) is 4.82. The Balaban J connectivity index is 1.35. The van der Waals surface area contributed by atoms with E-state index in [2.05, 4.69) is 16.9 Å². The van der Waals surface area contributed by atoms with Crippen molar-refractivity contribution in [3.63, 3.8) is 0 Å². The van der Waals surface area contributed by atoms with Gasteiger partial charge < -0.3 is 18.9 Å². The third kappa shape index (κ3) is 5.94. The van der Waals surface area contributed by atoms with Gasteiger partial charge in [0.25, 0.3) is 0 Å². The lowest BCUT2D eigenvalue weighted by Crippen LogP contribution is -2.57. The molecule has 0 aliphatic carbocycles. The molecule has 248 valence electrons. The summed E-state index contributed by atoms with van der Waals surface area (Å²) in [6.07, 6.45) is -0.509. The van der Waals surface area contributed by atoms with E-state index in [9.17, 15) is 13.2 Å². The zero-order valence-corrected chi connectivity index (χ0v) is 26.5. The number of nitrogens with zero attached hydrogens (tertiary/aromatic N) is 6. The van der Waals surface area contributed by atoms with Crippen LogP contribution in [0.1, 0.15) is 46.8 Å². The minimum absolute atomic E-state index is 0.0155. The highest BCUT2D eigenvalue weighted by Gasteiger charge is 2.53. The molecule has 7 rings (SSSR count). The van der Waals surface area contributed by atoms with E-state index in [1.807, 2.05) is 62.4 Å². The van der Waals surface area contributed by atoms with Crippen LogP contribution in [-0.2, 0) is 18.9 Å². The van der Waals surface area contributed by atoms with Crippen molar-refractivity contribution in [1.82, 2.24) is 29.8 Å². The van der Waals surface area contributed by atoms with Crippen LogP contribution in [0, 0.1) is 38.2 Å². The van der Waals surface area contributed by atoms with Crippen LogP contribution in [-0.4, -0.2) is 61.3 Å². The normalized spacial score (nSPS) is 24.0. The van der Waals surface area contributed by atoms with Crippen molar-refractivity contribution in [1.29, 1.82) is 0 Å². The van der Waals surface area contributed by atoms with Gasteiger partial charge in [0, 0.05) is 11.1 Å². The van der Waals surface area contributed by atoms with Gasteiger partial charge in [-0.3, -0.25) is 0 Å². The minimum atomic E-state index is -1.56. The quantitative estimate of drug-likeness (QED) is 0.143. The van der Waals surface area contributed by atoms with Gasteiger partial charge in [0.05, 0.1) is 25.1 Å². The molecule has 0 amide bonds. The fraction of sp³-hybridized carbons (Fsp3) is 0.314. The van der Waals surface area contributed by atoms with Gasteiger partial charge in [-0.2, -0.15) is 5.10 Å². The Labute approximate surface area is 274 Å². The second-order valence-corrected chi connectivity index (χ2v) is 11.9. The van der Waals surface area contributed by atoms with Gasteiger partial charge >= 0.3 is 0 Å². The third-order valence-electron chi connectivity index (χ3n) is 8.51. The van der Waals surface area contributed by atoms with Crippen LogP contribution >= 0.6 is 0 Å². The van der Waals surface area contributed by atoms with Crippen molar-refractivity contribution in [2.45, 2.75) is 57.5 Å². The summed E-state index contributed by atoms with van der Waals surface area (Å²) in [6.45, 7) is 9.95. The van der Waals surface area contributed by atoms with Crippen molar-refractivity contribution in [2.75, 3.05) is 13.2 Å². The predicted molar refractivity (Wildman–Crippen MR) is 167 cm³/mol. The van der Waals surface area contributed by atoms with Crippen molar-refractivity contribution < 1.29 is 32.1 Å². The van der Waals surface area contributed by atoms with Gasteiger partial charge in [0.1, 0.15) is 42.0 Å². The molecule has 0 spiro atoms. The molecular weight excluding hydrogens is 625 g/mol. The number of aromatic nitrogens is 6. The zero-order valence-electron chi connectivity index (χ0n) is 26.5. The summed E-state index contributed by atoms with van der Waals surface area (Å²) in [5, 5.41) is 13.3. The van der Waals surface area contributed by atoms with Gasteiger partial charge in [-0.15, -0.1) is 11.7 Å². The molecule has 4 heterocycles. The molecule has 48 heavy (non-hydrogen) atoms. The van der Waals surface area contributed by atoms with Crippen molar-refractivity contribution in [3.05, 3.63) is 125 Å². The average Bonchev–Trinajstić information content (AvgIpc) is 3.73. The molecule has 0 bridgehead atoms. The number of rotatable bonds is 8. The molecule has 0 N–H and O–H groups in total. The molecule has 0 saturated carbocycles. The van der Waals surface area contributed by atoms with E-state index < -0.39 is 54.2 Å². The highest BCUT2D eigenvalue weighted by atomic mass is 19.2. The first-order chi connectivity index (χ1) is 23.2. The first kappa shape index (κ1) is 31.9. The minimum Gasteiger partial charge on any atom is -0.369 e. The molecule has 10 nitrogen and oxygen atoms in total. The van der Waals surface area contributed by atoms with Crippen LogP contribution in [0.15, 0.2) is 79.5 Å².